The van der Waals surface area contributed by atoms with E-state index in [-0.39, 0.29) is 41.7 Å². The summed E-state index contributed by atoms with van der Waals surface area (Å²) < 4.78 is 11.1. The van der Waals surface area contributed by atoms with E-state index in [1.807, 2.05) is 19.9 Å². The lowest BCUT2D eigenvalue weighted by Gasteiger charge is -2.30. The van der Waals surface area contributed by atoms with Gasteiger partial charge in [-0.25, -0.2) is 0 Å². The minimum absolute atomic E-state index is 0.0815. The van der Waals surface area contributed by atoms with Gasteiger partial charge in [-0.2, -0.15) is 0 Å². The molecule has 0 aromatic carbocycles. The van der Waals surface area contributed by atoms with Gasteiger partial charge in [0, 0.05) is 31.1 Å². The SMILES string of the molecule is C=C1C[C@H](OC(C)=O)[C@@H]2[C@H](OC(=O)[C@H]2C)[C@H]2C(C)=C[C@H](O)[C@@H]12. The van der Waals surface area contributed by atoms with Crippen molar-refractivity contribution >= 4 is 11.9 Å². The summed E-state index contributed by atoms with van der Waals surface area (Å²) in [7, 11) is 0. The first-order valence-electron chi connectivity index (χ1n) is 7.73. The van der Waals surface area contributed by atoms with E-state index in [0.717, 1.165) is 11.1 Å². The van der Waals surface area contributed by atoms with Crippen molar-refractivity contribution in [3.8, 4) is 0 Å². The van der Waals surface area contributed by atoms with E-state index in [1.165, 1.54) is 6.92 Å². The summed E-state index contributed by atoms with van der Waals surface area (Å²) in [6, 6.07) is 0. The molecule has 3 aliphatic rings. The van der Waals surface area contributed by atoms with Crippen LogP contribution in [0, 0.1) is 23.7 Å². The molecule has 0 spiro atoms. The number of carbonyl (C=O) groups is 2. The van der Waals surface area contributed by atoms with Crippen LogP contribution in [-0.4, -0.2) is 35.4 Å². The first-order chi connectivity index (χ1) is 10.3. The maximum Gasteiger partial charge on any atom is 0.309 e. The number of hydrogen-bond donors (Lipinski definition) is 1. The lowest BCUT2D eigenvalue weighted by Crippen LogP contribution is -2.38. The van der Waals surface area contributed by atoms with Crippen LogP contribution in [-0.2, 0) is 19.1 Å². The van der Waals surface area contributed by atoms with E-state index in [2.05, 4.69) is 6.58 Å². The fourth-order valence-electron chi connectivity index (χ4n) is 4.41. The molecule has 5 nitrogen and oxygen atoms in total. The summed E-state index contributed by atoms with van der Waals surface area (Å²) in [5, 5.41) is 10.3. The molecule has 0 amide bonds. The van der Waals surface area contributed by atoms with E-state index < -0.39 is 12.2 Å². The summed E-state index contributed by atoms with van der Waals surface area (Å²) in [5.41, 5.74) is 1.87. The molecule has 1 heterocycles. The predicted octanol–water partition coefficient (Wildman–Crippen LogP) is 1.61. The zero-order chi connectivity index (χ0) is 16.2. The zero-order valence-electron chi connectivity index (χ0n) is 13.1. The standard InChI is InChI=1S/C17H22O5/c1-7-5-11(19)13-8(2)6-12(21-10(4)18)15-9(3)17(20)22-16(15)14(7)13/h5,9,11-16,19H,2,6H2,1,3-4H3/t9-,11-,12-,13+,14-,15+,16+/m0/s1. The quantitative estimate of drug-likeness (QED) is 0.588. The van der Waals surface area contributed by atoms with Gasteiger partial charge in [0.05, 0.1) is 12.0 Å². The van der Waals surface area contributed by atoms with Crippen molar-refractivity contribution in [2.45, 2.75) is 45.5 Å². The highest BCUT2D eigenvalue weighted by Crippen LogP contribution is 2.51. The Kier molecular flexibility index (Phi) is 3.63. The van der Waals surface area contributed by atoms with Gasteiger partial charge in [0.1, 0.15) is 12.2 Å². The first-order valence-corrected chi connectivity index (χ1v) is 7.73. The van der Waals surface area contributed by atoms with Crippen molar-refractivity contribution < 1.29 is 24.2 Å². The van der Waals surface area contributed by atoms with Crippen molar-refractivity contribution in [3.63, 3.8) is 0 Å². The predicted molar refractivity (Wildman–Crippen MR) is 78.6 cm³/mol. The monoisotopic (exact) mass is 306 g/mol. The van der Waals surface area contributed by atoms with Gasteiger partial charge in [-0.15, -0.1) is 0 Å². The number of esters is 2. The van der Waals surface area contributed by atoms with E-state index in [0.29, 0.717) is 6.42 Å². The van der Waals surface area contributed by atoms with Crippen molar-refractivity contribution in [1.82, 2.24) is 0 Å². The highest BCUT2D eigenvalue weighted by Gasteiger charge is 2.57. The first kappa shape index (κ1) is 15.3. The van der Waals surface area contributed by atoms with Crippen molar-refractivity contribution in [2.75, 3.05) is 0 Å². The van der Waals surface area contributed by atoms with Crippen molar-refractivity contribution in [3.05, 3.63) is 23.8 Å². The maximum absolute atomic E-state index is 12.1. The molecule has 1 saturated heterocycles. The summed E-state index contributed by atoms with van der Waals surface area (Å²) in [4.78, 5) is 23.5. The van der Waals surface area contributed by atoms with Crippen molar-refractivity contribution in [1.29, 1.82) is 0 Å². The average molecular weight is 306 g/mol. The maximum atomic E-state index is 12.1. The lowest BCUT2D eigenvalue weighted by molar-refractivity contribution is -0.150. The summed E-state index contributed by atoms with van der Waals surface area (Å²) in [6.07, 6.45) is 0.858. The summed E-state index contributed by atoms with van der Waals surface area (Å²) in [5.74, 6) is -1.41. The molecule has 0 radical (unpaired) electrons. The van der Waals surface area contributed by atoms with Gasteiger partial charge in [0.15, 0.2) is 0 Å². The summed E-state index contributed by atoms with van der Waals surface area (Å²) >= 11 is 0. The molecular formula is C17H22O5. The highest BCUT2D eigenvalue weighted by molar-refractivity contribution is 5.75. The van der Waals surface area contributed by atoms with Crippen LogP contribution in [0.5, 0.6) is 0 Å². The number of rotatable bonds is 1. The molecule has 0 bridgehead atoms. The fourth-order valence-corrected chi connectivity index (χ4v) is 4.41. The largest absolute Gasteiger partial charge is 0.462 e. The number of aliphatic hydroxyl groups excluding tert-OH is 1. The van der Waals surface area contributed by atoms with Gasteiger partial charge in [0.2, 0.25) is 0 Å². The molecular weight excluding hydrogens is 284 g/mol. The van der Waals surface area contributed by atoms with Crippen LogP contribution in [0.1, 0.15) is 27.2 Å². The third-order valence-corrected chi connectivity index (χ3v) is 5.33. The molecule has 7 atom stereocenters. The average Bonchev–Trinajstić information content (AvgIpc) is 2.81. The van der Waals surface area contributed by atoms with Crippen LogP contribution in [0.4, 0.5) is 0 Å². The normalized spacial score (nSPS) is 43.8. The second-order valence-corrected chi connectivity index (χ2v) is 6.73. The Bertz CT molecular complexity index is 563. The van der Waals surface area contributed by atoms with Gasteiger partial charge in [-0.05, 0) is 6.92 Å². The molecule has 0 unspecified atom stereocenters. The molecule has 1 N–H and O–H groups in total. The Morgan fingerprint density at radius 1 is 1.45 bits per heavy atom. The second-order valence-electron chi connectivity index (χ2n) is 6.73. The van der Waals surface area contributed by atoms with Crippen LogP contribution >= 0.6 is 0 Å². The van der Waals surface area contributed by atoms with Gasteiger partial charge in [-0.1, -0.05) is 30.7 Å². The third kappa shape index (κ3) is 2.19. The Morgan fingerprint density at radius 2 is 2.14 bits per heavy atom. The Morgan fingerprint density at radius 3 is 2.77 bits per heavy atom. The lowest BCUT2D eigenvalue weighted by atomic mass is 9.78. The number of aliphatic hydroxyl groups is 1. The van der Waals surface area contributed by atoms with Crippen molar-refractivity contribution in [2.24, 2.45) is 23.7 Å². The number of ether oxygens (including phenoxy) is 2. The molecule has 1 saturated carbocycles. The highest BCUT2D eigenvalue weighted by atomic mass is 16.6. The van der Waals surface area contributed by atoms with Crippen LogP contribution in [0.3, 0.4) is 0 Å². The van der Waals surface area contributed by atoms with Crippen LogP contribution in [0.25, 0.3) is 0 Å². The van der Waals surface area contributed by atoms with Crippen LogP contribution in [0.2, 0.25) is 0 Å². The smallest absolute Gasteiger partial charge is 0.309 e. The molecule has 2 fully saturated rings. The molecule has 2 aliphatic carbocycles. The molecule has 3 rings (SSSR count). The topological polar surface area (TPSA) is 72.8 Å². The van der Waals surface area contributed by atoms with Gasteiger partial charge in [-0.3, -0.25) is 9.59 Å². The molecule has 0 aromatic rings. The number of fused-ring (bicyclic) bond motifs is 3. The van der Waals surface area contributed by atoms with E-state index in [1.54, 1.807) is 0 Å². The molecule has 0 aromatic heterocycles. The number of carbonyl (C=O) groups excluding carboxylic acids is 2. The van der Waals surface area contributed by atoms with Crippen LogP contribution < -0.4 is 0 Å². The Balaban J connectivity index is 2.03. The Hall–Kier alpha value is -1.62. The molecule has 120 valence electrons. The Labute approximate surface area is 130 Å². The fraction of sp³-hybridized carbons (Fsp3) is 0.647. The van der Waals surface area contributed by atoms with Gasteiger partial charge < -0.3 is 14.6 Å². The van der Waals surface area contributed by atoms with Crippen LogP contribution in [0.15, 0.2) is 23.8 Å². The minimum atomic E-state index is -0.621. The van der Waals surface area contributed by atoms with Gasteiger partial charge in [0.25, 0.3) is 0 Å². The van der Waals surface area contributed by atoms with E-state index >= 15 is 0 Å². The zero-order valence-corrected chi connectivity index (χ0v) is 13.1. The minimum Gasteiger partial charge on any atom is -0.462 e. The molecule has 22 heavy (non-hydrogen) atoms. The van der Waals surface area contributed by atoms with E-state index in [9.17, 15) is 14.7 Å². The number of hydrogen-bond acceptors (Lipinski definition) is 5. The molecule has 1 aliphatic heterocycles. The van der Waals surface area contributed by atoms with Gasteiger partial charge >= 0.3 is 11.9 Å². The third-order valence-electron chi connectivity index (χ3n) is 5.33. The summed E-state index contributed by atoms with van der Waals surface area (Å²) in [6.45, 7) is 9.23. The second kappa shape index (κ2) is 5.23. The molecule has 5 heteroatoms. The van der Waals surface area contributed by atoms with E-state index in [4.69, 9.17) is 9.47 Å².